The predicted molar refractivity (Wildman–Crippen MR) is 63.5 cm³/mol. The third kappa shape index (κ3) is 2.52. The van der Waals surface area contributed by atoms with E-state index in [9.17, 15) is 12.8 Å². The van der Waals surface area contributed by atoms with E-state index in [1.807, 2.05) is 6.07 Å². The second-order valence-corrected chi connectivity index (χ2v) is 6.04. The highest BCUT2D eigenvalue weighted by Crippen LogP contribution is 2.32. The van der Waals surface area contributed by atoms with Crippen LogP contribution < -0.4 is 0 Å². The maximum absolute atomic E-state index is 13.6. The van der Waals surface area contributed by atoms with E-state index in [-0.39, 0.29) is 23.9 Å². The molecule has 1 aromatic rings. The fraction of sp³-hybridized carbons (Fsp3) is 0.417. The molecule has 0 aromatic heterocycles. The third-order valence-corrected chi connectivity index (χ3v) is 4.81. The Hall–Kier alpha value is -1.45. The van der Waals surface area contributed by atoms with Crippen molar-refractivity contribution in [3.05, 3.63) is 30.1 Å². The van der Waals surface area contributed by atoms with E-state index in [1.165, 1.54) is 22.5 Å². The summed E-state index contributed by atoms with van der Waals surface area (Å²) >= 11 is 0. The van der Waals surface area contributed by atoms with Crippen LogP contribution in [0.1, 0.15) is 19.3 Å². The van der Waals surface area contributed by atoms with Crippen LogP contribution in [0.25, 0.3) is 0 Å². The van der Waals surface area contributed by atoms with Gasteiger partial charge in [-0.15, -0.1) is 0 Å². The largest absolute Gasteiger partial charge is 0.246 e. The molecular weight excluding hydrogens is 255 g/mol. The summed E-state index contributed by atoms with van der Waals surface area (Å²) in [7, 11) is -3.83. The van der Waals surface area contributed by atoms with Gasteiger partial charge in [-0.1, -0.05) is 12.1 Å². The van der Waals surface area contributed by atoms with Crippen LogP contribution in [0.2, 0.25) is 0 Å². The molecule has 0 bridgehead atoms. The van der Waals surface area contributed by atoms with Gasteiger partial charge < -0.3 is 0 Å². The summed E-state index contributed by atoms with van der Waals surface area (Å²) in [6.07, 6.45) is 1.67. The zero-order chi connectivity index (χ0) is 13.2. The van der Waals surface area contributed by atoms with E-state index in [1.54, 1.807) is 0 Å². The molecule has 1 saturated carbocycles. The van der Waals surface area contributed by atoms with Gasteiger partial charge in [-0.05, 0) is 25.0 Å². The second-order valence-electron chi connectivity index (χ2n) is 4.19. The SMILES string of the molecule is N#CCCN(C1CC1)S(=O)(=O)c1ccccc1F. The van der Waals surface area contributed by atoms with Crippen molar-refractivity contribution in [1.82, 2.24) is 4.31 Å². The summed E-state index contributed by atoms with van der Waals surface area (Å²) < 4.78 is 39.5. The molecule has 0 radical (unpaired) electrons. The molecule has 0 heterocycles. The molecule has 0 saturated heterocycles. The summed E-state index contributed by atoms with van der Waals surface area (Å²) in [4.78, 5) is -0.310. The minimum atomic E-state index is -3.83. The van der Waals surface area contributed by atoms with Gasteiger partial charge in [0.15, 0.2) is 0 Å². The number of sulfonamides is 1. The molecule has 4 nitrogen and oxygen atoms in total. The Bertz CT molecular complexity index is 576. The molecule has 6 heteroatoms. The van der Waals surface area contributed by atoms with Gasteiger partial charge in [-0.3, -0.25) is 0 Å². The second kappa shape index (κ2) is 5.04. The Morgan fingerprint density at radius 3 is 2.61 bits per heavy atom. The highest BCUT2D eigenvalue weighted by molar-refractivity contribution is 7.89. The van der Waals surface area contributed by atoms with Crippen molar-refractivity contribution < 1.29 is 12.8 Å². The van der Waals surface area contributed by atoms with Crippen molar-refractivity contribution in [2.24, 2.45) is 0 Å². The van der Waals surface area contributed by atoms with Crippen LogP contribution in [0.5, 0.6) is 0 Å². The number of hydrogen-bond donors (Lipinski definition) is 0. The topological polar surface area (TPSA) is 61.2 Å². The molecule has 1 fully saturated rings. The normalized spacial score (nSPS) is 15.6. The van der Waals surface area contributed by atoms with Crippen molar-refractivity contribution in [2.75, 3.05) is 6.54 Å². The van der Waals surface area contributed by atoms with Crippen molar-refractivity contribution in [2.45, 2.75) is 30.2 Å². The monoisotopic (exact) mass is 268 g/mol. The molecule has 0 amide bonds. The first-order valence-electron chi connectivity index (χ1n) is 5.70. The number of benzene rings is 1. The molecular formula is C12H13FN2O2S. The van der Waals surface area contributed by atoms with Crippen molar-refractivity contribution in [3.63, 3.8) is 0 Å². The number of hydrogen-bond acceptors (Lipinski definition) is 3. The van der Waals surface area contributed by atoms with Gasteiger partial charge in [0.1, 0.15) is 10.7 Å². The van der Waals surface area contributed by atoms with E-state index < -0.39 is 15.8 Å². The predicted octanol–water partition coefficient (Wildman–Crippen LogP) is 1.89. The lowest BCUT2D eigenvalue weighted by Crippen LogP contribution is -2.34. The van der Waals surface area contributed by atoms with Crippen molar-refractivity contribution >= 4 is 10.0 Å². The summed E-state index contributed by atoms with van der Waals surface area (Å²) in [6, 6.07) is 7.16. The average molecular weight is 268 g/mol. The van der Waals surface area contributed by atoms with E-state index in [0.717, 1.165) is 18.9 Å². The first-order valence-corrected chi connectivity index (χ1v) is 7.14. The lowest BCUT2D eigenvalue weighted by Gasteiger charge is -2.20. The zero-order valence-electron chi connectivity index (χ0n) is 9.71. The van der Waals surface area contributed by atoms with E-state index >= 15 is 0 Å². The quantitative estimate of drug-likeness (QED) is 0.819. The van der Waals surface area contributed by atoms with Crippen molar-refractivity contribution in [1.29, 1.82) is 5.26 Å². The highest BCUT2D eigenvalue weighted by atomic mass is 32.2. The van der Waals surface area contributed by atoms with Crippen LogP contribution in [0, 0.1) is 17.1 Å². The minimum absolute atomic E-state index is 0.0806. The molecule has 0 spiro atoms. The summed E-state index contributed by atoms with van der Waals surface area (Å²) in [5, 5.41) is 8.56. The number of rotatable bonds is 5. The summed E-state index contributed by atoms with van der Waals surface area (Å²) in [5.41, 5.74) is 0. The molecule has 0 aliphatic heterocycles. The summed E-state index contributed by atoms with van der Waals surface area (Å²) in [5.74, 6) is -0.750. The minimum Gasteiger partial charge on any atom is -0.207 e. The maximum Gasteiger partial charge on any atom is 0.246 e. The van der Waals surface area contributed by atoms with Crippen LogP contribution in [0.3, 0.4) is 0 Å². The molecule has 1 aromatic carbocycles. The van der Waals surface area contributed by atoms with Crippen LogP contribution >= 0.6 is 0 Å². The van der Waals surface area contributed by atoms with Crippen LogP contribution in [0.15, 0.2) is 29.2 Å². The first kappa shape index (κ1) is 13.0. The average Bonchev–Trinajstić information content (AvgIpc) is 3.14. The highest BCUT2D eigenvalue weighted by Gasteiger charge is 2.38. The van der Waals surface area contributed by atoms with E-state index in [4.69, 9.17) is 5.26 Å². The molecule has 18 heavy (non-hydrogen) atoms. The van der Waals surface area contributed by atoms with Gasteiger partial charge in [-0.25, -0.2) is 12.8 Å². The molecule has 0 unspecified atom stereocenters. The standard InChI is InChI=1S/C12H13FN2O2S/c13-11-4-1-2-5-12(11)18(16,17)15(9-3-8-14)10-6-7-10/h1-2,4-5,10H,3,6-7,9H2. The Labute approximate surface area is 106 Å². The Morgan fingerprint density at radius 2 is 2.06 bits per heavy atom. The molecule has 0 N–H and O–H groups in total. The molecule has 1 aliphatic rings. The Morgan fingerprint density at radius 1 is 1.39 bits per heavy atom. The van der Waals surface area contributed by atoms with Crippen molar-refractivity contribution in [3.8, 4) is 6.07 Å². The fourth-order valence-corrected chi connectivity index (χ4v) is 3.55. The zero-order valence-corrected chi connectivity index (χ0v) is 10.5. The first-order chi connectivity index (χ1) is 8.57. The third-order valence-electron chi connectivity index (χ3n) is 2.82. The summed E-state index contributed by atoms with van der Waals surface area (Å²) in [6.45, 7) is 0.123. The molecule has 1 aliphatic carbocycles. The fourth-order valence-electron chi connectivity index (χ4n) is 1.80. The molecule has 96 valence electrons. The molecule has 0 atom stereocenters. The van der Waals surface area contributed by atoms with E-state index in [2.05, 4.69) is 0 Å². The van der Waals surface area contributed by atoms with Gasteiger partial charge in [0.25, 0.3) is 0 Å². The van der Waals surface area contributed by atoms with E-state index in [0.29, 0.717) is 0 Å². The van der Waals surface area contributed by atoms with Crippen LogP contribution in [-0.2, 0) is 10.0 Å². The number of nitrogens with zero attached hydrogens (tertiary/aromatic N) is 2. The van der Waals surface area contributed by atoms with Crippen LogP contribution in [0.4, 0.5) is 4.39 Å². The van der Waals surface area contributed by atoms with Gasteiger partial charge in [-0.2, -0.15) is 9.57 Å². The van der Waals surface area contributed by atoms with Crippen LogP contribution in [-0.4, -0.2) is 25.3 Å². The lowest BCUT2D eigenvalue weighted by molar-refractivity contribution is 0.407. The van der Waals surface area contributed by atoms with Gasteiger partial charge in [0.05, 0.1) is 6.07 Å². The smallest absolute Gasteiger partial charge is 0.207 e. The van der Waals surface area contributed by atoms with Gasteiger partial charge in [0, 0.05) is 19.0 Å². The Balaban J connectivity index is 2.34. The number of nitriles is 1. The lowest BCUT2D eigenvalue weighted by atomic mass is 10.3. The van der Waals surface area contributed by atoms with Gasteiger partial charge in [0.2, 0.25) is 10.0 Å². The maximum atomic E-state index is 13.6. The van der Waals surface area contributed by atoms with Gasteiger partial charge >= 0.3 is 0 Å². The number of halogens is 1. The Kier molecular flexibility index (Phi) is 3.64. The molecule has 2 rings (SSSR count).